The van der Waals surface area contributed by atoms with Crippen molar-refractivity contribution in [3.8, 4) is 0 Å². The molecule has 0 fully saturated rings. The highest BCUT2D eigenvalue weighted by molar-refractivity contribution is 5.04. The van der Waals surface area contributed by atoms with Gasteiger partial charge in [-0.15, -0.1) is 0 Å². The van der Waals surface area contributed by atoms with Crippen molar-refractivity contribution in [1.82, 2.24) is 20.6 Å². The molecule has 0 unspecified atom stereocenters. The van der Waals surface area contributed by atoms with Gasteiger partial charge in [-0.3, -0.25) is 0 Å². The first-order chi connectivity index (χ1) is 7.22. The van der Waals surface area contributed by atoms with Gasteiger partial charge in [-0.1, -0.05) is 6.92 Å². The molecule has 0 radical (unpaired) electrons. The summed E-state index contributed by atoms with van der Waals surface area (Å²) in [5.74, 6) is 0.819. The SMILES string of the molecule is CCN[C@H](C)CNCc1cnc(C)nc1. The van der Waals surface area contributed by atoms with E-state index in [1.807, 2.05) is 19.3 Å². The Kier molecular flexibility index (Phi) is 5.21. The molecule has 1 aromatic heterocycles. The molecule has 15 heavy (non-hydrogen) atoms. The number of hydrogen-bond donors (Lipinski definition) is 2. The fourth-order valence-corrected chi connectivity index (χ4v) is 1.36. The normalized spacial score (nSPS) is 12.7. The van der Waals surface area contributed by atoms with Crippen LogP contribution in [0.1, 0.15) is 25.2 Å². The van der Waals surface area contributed by atoms with Gasteiger partial charge in [0.05, 0.1) is 0 Å². The molecule has 1 aromatic rings. The van der Waals surface area contributed by atoms with E-state index in [0.717, 1.165) is 31.0 Å². The molecule has 1 atom stereocenters. The van der Waals surface area contributed by atoms with Crippen LogP contribution in [0.5, 0.6) is 0 Å². The minimum atomic E-state index is 0.501. The molecule has 0 saturated carbocycles. The number of nitrogens with one attached hydrogen (secondary N) is 2. The van der Waals surface area contributed by atoms with E-state index in [4.69, 9.17) is 0 Å². The molecule has 4 heteroatoms. The third-order valence-electron chi connectivity index (χ3n) is 2.17. The lowest BCUT2D eigenvalue weighted by atomic mass is 10.3. The Morgan fingerprint density at radius 1 is 1.33 bits per heavy atom. The summed E-state index contributed by atoms with van der Waals surface area (Å²) in [7, 11) is 0. The Hall–Kier alpha value is -1.00. The van der Waals surface area contributed by atoms with Crippen LogP contribution in [-0.2, 0) is 6.54 Å². The van der Waals surface area contributed by atoms with Crippen LogP contribution in [0.25, 0.3) is 0 Å². The Morgan fingerprint density at radius 2 is 2.00 bits per heavy atom. The van der Waals surface area contributed by atoms with Crippen LogP contribution in [0.15, 0.2) is 12.4 Å². The quantitative estimate of drug-likeness (QED) is 0.728. The average molecular weight is 208 g/mol. The van der Waals surface area contributed by atoms with Crippen molar-refractivity contribution in [3.63, 3.8) is 0 Å². The van der Waals surface area contributed by atoms with E-state index in [2.05, 4.69) is 34.4 Å². The van der Waals surface area contributed by atoms with Crippen molar-refractivity contribution in [1.29, 1.82) is 0 Å². The van der Waals surface area contributed by atoms with Gasteiger partial charge in [0.25, 0.3) is 0 Å². The van der Waals surface area contributed by atoms with Gasteiger partial charge >= 0.3 is 0 Å². The lowest BCUT2D eigenvalue weighted by Crippen LogP contribution is -2.35. The zero-order valence-electron chi connectivity index (χ0n) is 9.75. The summed E-state index contributed by atoms with van der Waals surface area (Å²) in [4.78, 5) is 8.29. The maximum Gasteiger partial charge on any atom is 0.125 e. The highest BCUT2D eigenvalue weighted by Crippen LogP contribution is 1.94. The lowest BCUT2D eigenvalue weighted by Gasteiger charge is -2.12. The zero-order chi connectivity index (χ0) is 11.1. The first-order valence-electron chi connectivity index (χ1n) is 5.44. The summed E-state index contributed by atoms with van der Waals surface area (Å²) >= 11 is 0. The Labute approximate surface area is 91.5 Å². The molecule has 0 aliphatic rings. The van der Waals surface area contributed by atoms with Crippen LogP contribution in [0.4, 0.5) is 0 Å². The van der Waals surface area contributed by atoms with Crippen molar-refractivity contribution in [2.24, 2.45) is 0 Å². The minimum absolute atomic E-state index is 0.501. The van der Waals surface area contributed by atoms with Crippen LogP contribution in [0, 0.1) is 6.92 Å². The third kappa shape index (κ3) is 4.85. The van der Waals surface area contributed by atoms with Gasteiger partial charge in [0.1, 0.15) is 5.82 Å². The Bertz CT molecular complexity index is 270. The smallest absolute Gasteiger partial charge is 0.125 e. The summed E-state index contributed by atoms with van der Waals surface area (Å²) in [6.45, 7) is 8.98. The zero-order valence-corrected chi connectivity index (χ0v) is 9.75. The molecule has 4 nitrogen and oxygen atoms in total. The summed E-state index contributed by atoms with van der Waals surface area (Å²) < 4.78 is 0. The van der Waals surface area contributed by atoms with Gasteiger partial charge < -0.3 is 10.6 Å². The molecule has 84 valence electrons. The van der Waals surface area contributed by atoms with E-state index in [1.54, 1.807) is 0 Å². The first kappa shape index (κ1) is 12.1. The number of aryl methyl sites for hydroxylation is 1. The van der Waals surface area contributed by atoms with Gasteiger partial charge in [0.15, 0.2) is 0 Å². The van der Waals surface area contributed by atoms with E-state index in [9.17, 15) is 0 Å². The molecule has 0 spiro atoms. The molecule has 1 rings (SSSR count). The van der Waals surface area contributed by atoms with Crippen LogP contribution < -0.4 is 10.6 Å². The molecule has 2 N–H and O–H groups in total. The predicted octanol–water partition coefficient (Wildman–Crippen LogP) is 0.873. The van der Waals surface area contributed by atoms with Crippen LogP contribution in [-0.4, -0.2) is 29.1 Å². The van der Waals surface area contributed by atoms with Crippen LogP contribution >= 0.6 is 0 Å². The molecular formula is C11H20N4. The van der Waals surface area contributed by atoms with E-state index in [1.165, 1.54) is 0 Å². The second-order valence-electron chi connectivity index (χ2n) is 3.73. The minimum Gasteiger partial charge on any atom is -0.313 e. The Morgan fingerprint density at radius 3 is 2.60 bits per heavy atom. The van der Waals surface area contributed by atoms with E-state index < -0.39 is 0 Å². The number of likely N-dealkylation sites (N-methyl/N-ethyl adjacent to an activating group) is 1. The van der Waals surface area contributed by atoms with Gasteiger partial charge in [0, 0.05) is 37.1 Å². The highest BCUT2D eigenvalue weighted by Gasteiger charge is 1.99. The predicted molar refractivity (Wildman–Crippen MR) is 61.6 cm³/mol. The summed E-state index contributed by atoms with van der Waals surface area (Å²) in [6, 6.07) is 0.501. The Balaban J connectivity index is 2.22. The van der Waals surface area contributed by atoms with Crippen LogP contribution in [0.3, 0.4) is 0 Å². The second-order valence-corrected chi connectivity index (χ2v) is 3.73. The fourth-order valence-electron chi connectivity index (χ4n) is 1.36. The molecule has 0 aromatic carbocycles. The van der Waals surface area contributed by atoms with Crippen LogP contribution in [0.2, 0.25) is 0 Å². The average Bonchev–Trinajstić information content (AvgIpc) is 2.21. The lowest BCUT2D eigenvalue weighted by molar-refractivity contribution is 0.514. The monoisotopic (exact) mass is 208 g/mol. The van der Waals surface area contributed by atoms with Crippen molar-refractivity contribution < 1.29 is 0 Å². The largest absolute Gasteiger partial charge is 0.313 e. The standard InChI is InChI=1S/C11H20N4/c1-4-13-9(2)5-12-6-11-7-14-10(3)15-8-11/h7-9,12-13H,4-6H2,1-3H3/t9-/m1/s1. The molecular weight excluding hydrogens is 188 g/mol. The van der Waals surface area contributed by atoms with Gasteiger partial charge in [0.2, 0.25) is 0 Å². The molecule has 0 saturated heterocycles. The number of aromatic nitrogens is 2. The van der Waals surface area contributed by atoms with Gasteiger partial charge in [-0.2, -0.15) is 0 Å². The van der Waals surface area contributed by atoms with Crippen molar-refractivity contribution in [3.05, 3.63) is 23.8 Å². The number of rotatable bonds is 6. The van der Waals surface area contributed by atoms with E-state index in [-0.39, 0.29) is 0 Å². The molecule has 0 bridgehead atoms. The molecule has 0 aliphatic heterocycles. The van der Waals surface area contributed by atoms with E-state index in [0.29, 0.717) is 6.04 Å². The van der Waals surface area contributed by atoms with Crippen molar-refractivity contribution in [2.75, 3.05) is 13.1 Å². The van der Waals surface area contributed by atoms with Gasteiger partial charge in [-0.05, 0) is 20.4 Å². The number of hydrogen-bond acceptors (Lipinski definition) is 4. The van der Waals surface area contributed by atoms with Crippen molar-refractivity contribution >= 4 is 0 Å². The highest BCUT2D eigenvalue weighted by atomic mass is 15.0. The molecule has 0 amide bonds. The maximum absolute atomic E-state index is 4.15. The first-order valence-corrected chi connectivity index (χ1v) is 5.44. The summed E-state index contributed by atoms with van der Waals surface area (Å²) in [5, 5.41) is 6.71. The van der Waals surface area contributed by atoms with Gasteiger partial charge in [-0.25, -0.2) is 9.97 Å². The van der Waals surface area contributed by atoms with E-state index >= 15 is 0 Å². The second kappa shape index (κ2) is 6.48. The molecule has 0 aliphatic carbocycles. The summed E-state index contributed by atoms with van der Waals surface area (Å²) in [5.41, 5.74) is 1.13. The number of nitrogens with zero attached hydrogens (tertiary/aromatic N) is 2. The maximum atomic E-state index is 4.15. The molecule has 1 heterocycles. The van der Waals surface area contributed by atoms with Crippen molar-refractivity contribution in [2.45, 2.75) is 33.4 Å². The third-order valence-corrected chi connectivity index (χ3v) is 2.17. The topological polar surface area (TPSA) is 49.8 Å². The fraction of sp³-hybridized carbons (Fsp3) is 0.636. The summed E-state index contributed by atoms with van der Waals surface area (Å²) in [6.07, 6.45) is 3.74.